The number of rotatable bonds is 2. The van der Waals surface area contributed by atoms with Crippen molar-refractivity contribution in [1.82, 2.24) is 4.90 Å². The number of carbonyl (C=O) groups is 1. The van der Waals surface area contributed by atoms with Gasteiger partial charge in [0.05, 0.1) is 5.60 Å². The first kappa shape index (κ1) is 14.1. The highest BCUT2D eigenvalue weighted by Gasteiger charge is 2.54. The Morgan fingerprint density at radius 3 is 2.32 bits per heavy atom. The smallest absolute Gasteiger partial charge is 0.236 e. The zero-order valence-electron chi connectivity index (χ0n) is 11.6. The average molecular weight is 269 g/mol. The molecule has 0 radical (unpaired) electrons. The third-order valence-corrected chi connectivity index (χ3v) is 4.53. The van der Waals surface area contributed by atoms with Crippen molar-refractivity contribution in [1.29, 1.82) is 0 Å². The number of hydrogen-bond donors (Lipinski definition) is 3. The van der Waals surface area contributed by atoms with E-state index in [4.69, 9.17) is 10.9 Å². The van der Waals surface area contributed by atoms with E-state index in [1.165, 1.54) is 0 Å². The van der Waals surface area contributed by atoms with Crippen molar-refractivity contribution in [3.8, 4) is 0 Å². The lowest BCUT2D eigenvalue weighted by atomic mass is 9.61. The number of oxime groups is 1. The van der Waals surface area contributed by atoms with Gasteiger partial charge in [-0.25, -0.2) is 0 Å². The van der Waals surface area contributed by atoms with Crippen LogP contribution in [0.2, 0.25) is 0 Å². The number of hydrogen-bond acceptors (Lipinski definition) is 4. The SMILES string of the molecule is CC1CC(C(=O)N2CCC(C)(O)CC2)(C(N)=NO)C1. The quantitative estimate of drug-likeness (QED) is 0.294. The summed E-state index contributed by atoms with van der Waals surface area (Å²) in [5.41, 5.74) is 4.23. The Morgan fingerprint density at radius 2 is 1.89 bits per heavy atom. The fourth-order valence-corrected chi connectivity index (χ4v) is 3.21. The number of amidine groups is 1. The number of likely N-dealkylation sites (tertiary alicyclic amines) is 1. The first-order valence-electron chi connectivity index (χ1n) is 6.80. The van der Waals surface area contributed by atoms with Crippen molar-refractivity contribution in [3.63, 3.8) is 0 Å². The van der Waals surface area contributed by atoms with E-state index in [2.05, 4.69) is 12.1 Å². The average Bonchev–Trinajstić information content (AvgIpc) is 2.33. The van der Waals surface area contributed by atoms with Crippen LogP contribution in [0.15, 0.2) is 5.16 Å². The summed E-state index contributed by atoms with van der Waals surface area (Å²) >= 11 is 0. The van der Waals surface area contributed by atoms with Crippen LogP contribution >= 0.6 is 0 Å². The molecule has 2 rings (SSSR count). The molecule has 0 aromatic rings. The van der Waals surface area contributed by atoms with Crippen molar-refractivity contribution in [2.75, 3.05) is 13.1 Å². The molecule has 1 saturated carbocycles. The van der Waals surface area contributed by atoms with E-state index in [0.717, 1.165) is 0 Å². The monoisotopic (exact) mass is 269 g/mol. The molecule has 1 heterocycles. The van der Waals surface area contributed by atoms with Gasteiger partial charge in [0, 0.05) is 13.1 Å². The van der Waals surface area contributed by atoms with Crippen LogP contribution in [-0.4, -0.2) is 45.6 Å². The van der Waals surface area contributed by atoms with Crippen LogP contribution in [0, 0.1) is 11.3 Å². The molecular formula is C13H23N3O3. The summed E-state index contributed by atoms with van der Waals surface area (Å²) in [5.74, 6) is 0.376. The van der Waals surface area contributed by atoms with Gasteiger partial charge in [0.2, 0.25) is 5.91 Å². The molecule has 0 unspecified atom stereocenters. The summed E-state index contributed by atoms with van der Waals surface area (Å²) in [7, 11) is 0. The topological polar surface area (TPSA) is 99.2 Å². The summed E-state index contributed by atoms with van der Waals surface area (Å²) in [4.78, 5) is 14.4. The molecule has 2 fully saturated rings. The first-order valence-corrected chi connectivity index (χ1v) is 6.80. The maximum atomic E-state index is 12.6. The van der Waals surface area contributed by atoms with Crippen molar-refractivity contribution in [3.05, 3.63) is 0 Å². The molecule has 0 aromatic carbocycles. The number of aliphatic hydroxyl groups is 1. The summed E-state index contributed by atoms with van der Waals surface area (Å²) in [6.45, 7) is 4.90. The zero-order valence-corrected chi connectivity index (χ0v) is 11.6. The van der Waals surface area contributed by atoms with E-state index in [0.29, 0.717) is 44.7 Å². The van der Waals surface area contributed by atoms with Crippen LogP contribution in [0.4, 0.5) is 0 Å². The van der Waals surface area contributed by atoms with E-state index in [-0.39, 0.29) is 11.7 Å². The molecule has 1 saturated heterocycles. The van der Waals surface area contributed by atoms with E-state index in [9.17, 15) is 9.90 Å². The number of amides is 1. The van der Waals surface area contributed by atoms with E-state index in [1.54, 1.807) is 11.8 Å². The van der Waals surface area contributed by atoms with E-state index < -0.39 is 11.0 Å². The molecule has 1 amide bonds. The van der Waals surface area contributed by atoms with Crippen LogP contribution in [0.5, 0.6) is 0 Å². The Morgan fingerprint density at radius 1 is 1.37 bits per heavy atom. The lowest BCUT2D eigenvalue weighted by Gasteiger charge is -2.48. The Kier molecular flexibility index (Phi) is 3.47. The minimum atomic E-state index is -0.822. The van der Waals surface area contributed by atoms with Gasteiger partial charge in [-0.2, -0.15) is 0 Å². The second-order valence-electron chi connectivity index (χ2n) is 6.37. The predicted molar refractivity (Wildman–Crippen MR) is 70.7 cm³/mol. The highest BCUT2D eigenvalue weighted by atomic mass is 16.4. The maximum Gasteiger partial charge on any atom is 0.236 e. The van der Waals surface area contributed by atoms with Crippen molar-refractivity contribution < 1.29 is 15.1 Å². The minimum absolute atomic E-state index is 0.0212. The fraction of sp³-hybridized carbons (Fsp3) is 0.846. The minimum Gasteiger partial charge on any atom is -0.409 e. The molecule has 0 atom stereocenters. The number of nitrogens with zero attached hydrogens (tertiary/aromatic N) is 2. The van der Waals surface area contributed by atoms with E-state index in [1.807, 2.05) is 0 Å². The van der Waals surface area contributed by atoms with Crippen molar-refractivity contribution in [2.45, 2.75) is 45.1 Å². The van der Waals surface area contributed by atoms with Gasteiger partial charge in [0.25, 0.3) is 0 Å². The Balaban J connectivity index is 2.10. The van der Waals surface area contributed by atoms with Crippen molar-refractivity contribution in [2.24, 2.45) is 22.2 Å². The Bertz CT molecular complexity index is 390. The molecule has 19 heavy (non-hydrogen) atoms. The van der Waals surface area contributed by atoms with Crippen LogP contribution in [0.25, 0.3) is 0 Å². The van der Waals surface area contributed by atoms with Crippen molar-refractivity contribution >= 4 is 11.7 Å². The molecule has 6 nitrogen and oxygen atoms in total. The molecule has 6 heteroatoms. The van der Waals surface area contributed by atoms with Gasteiger partial charge in [-0.15, -0.1) is 0 Å². The third kappa shape index (κ3) is 2.41. The molecule has 4 N–H and O–H groups in total. The number of carbonyl (C=O) groups excluding carboxylic acids is 1. The zero-order chi connectivity index (χ0) is 14.3. The fourth-order valence-electron chi connectivity index (χ4n) is 3.21. The van der Waals surface area contributed by atoms with Gasteiger partial charge < -0.3 is 20.9 Å². The van der Waals surface area contributed by atoms with Crippen LogP contribution in [0.1, 0.15) is 39.5 Å². The van der Waals surface area contributed by atoms with Crippen LogP contribution < -0.4 is 5.73 Å². The highest BCUT2D eigenvalue weighted by molar-refractivity contribution is 6.07. The standard InChI is InChI=1S/C13H23N3O3/c1-9-7-13(8-9,10(14)15-19)11(17)16-5-3-12(2,18)4-6-16/h9,18-19H,3-8H2,1-2H3,(H2,14,15). The van der Waals surface area contributed by atoms with Gasteiger partial charge in [0.1, 0.15) is 5.41 Å². The second-order valence-corrected chi connectivity index (χ2v) is 6.37. The summed E-state index contributed by atoms with van der Waals surface area (Å²) in [5, 5.41) is 21.9. The lowest BCUT2D eigenvalue weighted by Crippen LogP contribution is -2.59. The maximum absolute atomic E-state index is 12.6. The number of piperidine rings is 1. The molecule has 0 bridgehead atoms. The molecular weight excluding hydrogens is 246 g/mol. The van der Waals surface area contributed by atoms with Gasteiger partial charge in [0.15, 0.2) is 5.84 Å². The van der Waals surface area contributed by atoms with Crippen LogP contribution in [-0.2, 0) is 4.79 Å². The molecule has 0 spiro atoms. The third-order valence-electron chi connectivity index (χ3n) is 4.53. The first-order chi connectivity index (χ1) is 8.81. The van der Waals surface area contributed by atoms with Crippen LogP contribution in [0.3, 0.4) is 0 Å². The van der Waals surface area contributed by atoms with Gasteiger partial charge in [-0.05, 0) is 38.5 Å². The van der Waals surface area contributed by atoms with Gasteiger partial charge in [-0.3, -0.25) is 4.79 Å². The summed E-state index contributed by atoms with van der Waals surface area (Å²) < 4.78 is 0. The van der Waals surface area contributed by atoms with Gasteiger partial charge in [-0.1, -0.05) is 12.1 Å². The summed E-state index contributed by atoms with van der Waals surface area (Å²) in [6, 6.07) is 0. The molecule has 1 aliphatic carbocycles. The predicted octanol–water partition coefficient (Wildman–Crippen LogP) is 0.523. The second kappa shape index (κ2) is 4.67. The number of nitrogens with two attached hydrogens (primary N) is 1. The Hall–Kier alpha value is -1.30. The molecule has 1 aliphatic heterocycles. The Labute approximate surface area is 113 Å². The molecule has 0 aromatic heterocycles. The normalized spacial score (nSPS) is 34.8. The largest absolute Gasteiger partial charge is 0.409 e. The molecule has 108 valence electrons. The van der Waals surface area contributed by atoms with Gasteiger partial charge >= 0.3 is 0 Å². The molecule has 2 aliphatic rings. The lowest BCUT2D eigenvalue weighted by molar-refractivity contribution is -0.148. The summed E-state index contributed by atoms with van der Waals surface area (Å²) in [6.07, 6.45) is 2.41. The van der Waals surface area contributed by atoms with E-state index >= 15 is 0 Å². The highest BCUT2D eigenvalue weighted by Crippen LogP contribution is 2.47.